The summed E-state index contributed by atoms with van der Waals surface area (Å²) in [5.41, 5.74) is 3.43. The summed E-state index contributed by atoms with van der Waals surface area (Å²) in [6.45, 7) is 2.16. The first-order valence-electron chi connectivity index (χ1n) is 9.38. The SMILES string of the molecule is CCCCc1ccc(N2C(=O)CSC2=NN=C2C(=O)Nc3ccc(Cl)cc32)cc1. The molecule has 1 saturated heterocycles. The summed E-state index contributed by atoms with van der Waals surface area (Å²) in [7, 11) is 0. The fourth-order valence-electron chi connectivity index (χ4n) is 3.20. The molecule has 1 N–H and O–H groups in total. The standard InChI is InChI=1S/C21H19ClN4O2S/c1-2-3-4-13-5-8-15(9-6-13)26-18(27)12-29-21(26)25-24-19-16-11-14(22)7-10-17(16)23-20(19)28/h5-11H,2-4,12H2,1H3,(H,23,24,28). The van der Waals surface area contributed by atoms with Crippen LogP contribution in [-0.4, -0.2) is 28.4 Å². The van der Waals surface area contributed by atoms with Gasteiger partial charge in [0.05, 0.1) is 17.1 Å². The van der Waals surface area contributed by atoms with Gasteiger partial charge in [-0.15, -0.1) is 10.2 Å². The Labute approximate surface area is 178 Å². The average Bonchev–Trinajstić information content (AvgIpc) is 3.24. The van der Waals surface area contributed by atoms with Crippen LogP contribution in [0.4, 0.5) is 11.4 Å². The van der Waals surface area contributed by atoms with Crippen molar-refractivity contribution < 1.29 is 9.59 Å². The first kappa shape index (κ1) is 19.7. The van der Waals surface area contributed by atoms with E-state index in [0.29, 0.717) is 21.4 Å². The van der Waals surface area contributed by atoms with Gasteiger partial charge in [0.1, 0.15) is 0 Å². The first-order valence-corrected chi connectivity index (χ1v) is 10.7. The summed E-state index contributed by atoms with van der Waals surface area (Å²) in [4.78, 5) is 26.2. The highest BCUT2D eigenvalue weighted by atomic mass is 35.5. The van der Waals surface area contributed by atoms with Crippen molar-refractivity contribution in [3.63, 3.8) is 0 Å². The fraction of sp³-hybridized carbons (Fsp3) is 0.238. The van der Waals surface area contributed by atoms with Crippen molar-refractivity contribution >= 4 is 57.4 Å². The number of hydrogen-bond donors (Lipinski definition) is 1. The maximum atomic E-state index is 12.4. The number of halogens is 1. The molecule has 0 bridgehead atoms. The van der Waals surface area contributed by atoms with Gasteiger partial charge in [0.2, 0.25) is 5.91 Å². The number of carbonyl (C=O) groups is 2. The number of benzene rings is 2. The van der Waals surface area contributed by atoms with Crippen molar-refractivity contribution in [3.05, 3.63) is 58.6 Å². The summed E-state index contributed by atoms with van der Waals surface area (Å²) >= 11 is 7.35. The van der Waals surface area contributed by atoms with Crippen LogP contribution in [0.25, 0.3) is 0 Å². The van der Waals surface area contributed by atoms with Gasteiger partial charge in [-0.05, 0) is 48.7 Å². The van der Waals surface area contributed by atoms with E-state index in [1.165, 1.54) is 17.3 Å². The summed E-state index contributed by atoms with van der Waals surface area (Å²) in [6.07, 6.45) is 3.29. The van der Waals surface area contributed by atoms with Gasteiger partial charge in [0, 0.05) is 10.6 Å². The van der Waals surface area contributed by atoms with Crippen LogP contribution in [0.2, 0.25) is 5.02 Å². The van der Waals surface area contributed by atoms with Crippen molar-refractivity contribution in [3.8, 4) is 0 Å². The molecule has 0 aliphatic carbocycles. The molecule has 2 aromatic rings. The highest BCUT2D eigenvalue weighted by molar-refractivity contribution is 8.15. The second-order valence-corrected chi connectivity index (χ2v) is 8.14. The Morgan fingerprint density at radius 3 is 2.69 bits per heavy atom. The van der Waals surface area contributed by atoms with E-state index in [9.17, 15) is 9.59 Å². The van der Waals surface area contributed by atoms with Crippen molar-refractivity contribution in [1.29, 1.82) is 0 Å². The second-order valence-electron chi connectivity index (χ2n) is 6.76. The molecule has 2 aliphatic rings. The van der Waals surface area contributed by atoms with Crippen LogP contribution in [0.1, 0.15) is 30.9 Å². The predicted molar refractivity (Wildman–Crippen MR) is 119 cm³/mol. The van der Waals surface area contributed by atoms with E-state index in [2.05, 4.69) is 22.4 Å². The number of thioether (sulfide) groups is 1. The van der Waals surface area contributed by atoms with Crippen LogP contribution >= 0.6 is 23.4 Å². The van der Waals surface area contributed by atoms with Crippen LogP contribution in [-0.2, 0) is 16.0 Å². The van der Waals surface area contributed by atoms with Crippen LogP contribution in [0.3, 0.4) is 0 Å². The Kier molecular flexibility index (Phi) is 5.69. The molecule has 6 nitrogen and oxygen atoms in total. The molecule has 0 atom stereocenters. The number of amides is 2. The van der Waals surface area contributed by atoms with Gasteiger partial charge in [-0.3, -0.25) is 14.5 Å². The Morgan fingerprint density at radius 2 is 1.93 bits per heavy atom. The van der Waals surface area contributed by atoms with Crippen molar-refractivity contribution in [2.75, 3.05) is 16.0 Å². The number of nitrogens with zero attached hydrogens (tertiary/aromatic N) is 3. The minimum absolute atomic E-state index is 0.0606. The maximum Gasteiger partial charge on any atom is 0.276 e. The first-order chi connectivity index (χ1) is 14.1. The highest BCUT2D eigenvalue weighted by Gasteiger charge is 2.31. The third kappa shape index (κ3) is 4.06. The average molecular weight is 427 g/mol. The molecule has 1 fully saturated rings. The minimum Gasteiger partial charge on any atom is -0.320 e. The number of rotatable bonds is 5. The van der Waals surface area contributed by atoms with Crippen molar-refractivity contribution in [2.24, 2.45) is 10.2 Å². The molecule has 148 valence electrons. The van der Waals surface area contributed by atoms with Crippen LogP contribution in [0.5, 0.6) is 0 Å². The van der Waals surface area contributed by atoms with E-state index in [4.69, 9.17) is 11.6 Å². The topological polar surface area (TPSA) is 74.1 Å². The molecule has 0 saturated carbocycles. The molecule has 0 aromatic heterocycles. The smallest absolute Gasteiger partial charge is 0.276 e. The van der Waals surface area contributed by atoms with Gasteiger partial charge in [0.15, 0.2) is 10.9 Å². The van der Waals surface area contributed by atoms with Crippen LogP contribution < -0.4 is 10.2 Å². The zero-order chi connectivity index (χ0) is 20.4. The minimum atomic E-state index is -0.340. The normalized spacial score (nSPS) is 18.6. The van der Waals surface area contributed by atoms with E-state index < -0.39 is 0 Å². The Bertz CT molecular complexity index is 1030. The monoisotopic (exact) mass is 426 g/mol. The molecule has 2 aromatic carbocycles. The van der Waals surface area contributed by atoms with Gasteiger partial charge in [-0.25, -0.2) is 0 Å². The summed E-state index contributed by atoms with van der Waals surface area (Å²) in [5, 5.41) is 12.1. The second kappa shape index (κ2) is 8.39. The van der Waals surface area contributed by atoms with Gasteiger partial charge < -0.3 is 5.32 Å². The van der Waals surface area contributed by atoms with E-state index in [0.717, 1.165) is 24.9 Å². The number of unbranched alkanes of at least 4 members (excludes halogenated alkanes) is 1. The number of anilines is 2. The van der Waals surface area contributed by atoms with Gasteiger partial charge >= 0.3 is 0 Å². The van der Waals surface area contributed by atoms with Crippen molar-refractivity contribution in [1.82, 2.24) is 0 Å². The Balaban J connectivity index is 1.62. The van der Waals surface area contributed by atoms with E-state index in [1.54, 1.807) is 23.1 Å². The number of amidine groups is 1. The largest absolute Gasteiger partial charge is 0.320 e. The summed E-state index contributed by atoms with van der Waals surface area (Å²) in [5.74, 6) is -0.113. The van der Waals surface area contributed by atoms with E-state index >= 15 is 0 Å². The number of carbonyl (C=O) groups excluding carboxylic acids is 2. The molecule has 2 aliphatic heterocycles. The lowest BCUT2D eigenvalue weighted by Gasteiger charge is -2.15. The Hall–Kier alpha value is -2.64. The Morgan fingerprint density at radius 1 is 1.14 bits per heavy atom. The third-order valence-corrected chi connectivity index (χ3v) is 5.86. The number of fused-ring (bicyclic) bond motifs is 1. The molecular formula is C21H19ClN4O2S. The molecule has 0 radical (unpaired) electrons. The zero-order valence-corrected chi connectivity index (χ0v) is 17.4. The lowest BCUT2D eigenvalue weighted by atomic mass is 10.1. The molecule has 4 rings (SSSR count). The molecule has 0 unspecified atom stereocenters. The number of hydrogen-bond acceptors (Lipinski definition) is 5. The van der Waals surface area contributed by atoms with E-state index in [1.807, 2.05) is 24.3 Å². The highest BCUT2D eigenvalue weighted by Crippen LogP contribution is 2.29. The zero-order valence-electron chi connectivity index (χ0n) is 15.8. The number of aryl methyl sites for hydroxylation is 1. The van der Waals surface area contributed by atoms with E-state index in [-0.39, 0.29) is 23.3 Å². The molecule has 2 heterocycles. The lowest BCUT2D eigenvalue weighted by Crippen LogP contribution is -2.29. The molecule has 29 heavy (non-hydrogen) atoms. The van der Waals surface area contributed by atoms with Gasteiger partial charge in [-0.1, -0.05) is 48.8 Å². The van der Waals surface area contributed by atoms with Crippen molar-refractivity contribution in [2.45, 2.75) is 26.2 Å². The van der Waals surface area contributed by atoms with Crippen LogP contribution in [0, 0.1) is 0 Å². The summed E-state index contributed by atoms with van der Waals surface area (Å²) < 4.78 is 0. The maximum absolute atomic E-state index is 12.4. The molecular weight excluding hydrogens is 408 g/mol. The van der Waals surface area contributed by atoms with Gasteiger partial charge in [-0.2, -0.15) is 0 Å². The summed E-state index contributed by atoms with van der Waals surface area (Å²) in [6, 6.07) is 13.0. The molecule has 8 heteroatoms. The predicted octanol–water partition coefficient (Wildman–Crippen LogP) is 4.47. The van der Waals surface area contributed by atoms with Crippen LogP contribution in [0.15, 0.2) is 52.7 Å². The lowest BCUT2D eigenvalue weighted by molar-refractivity contribution is -0.115. The third-order valence-electron chi connectivity index (χ3n) is 4.71. The van der Waals surface area contributed by atoms with Gasteiger partial charge in [0.25, 0.3) is 5.91 Å². The molecule has 0 spiro atoms. The number of nitrogens with one attached hydrogen (secondary N) is 1. The quantitative estimate of drug-likeness (QED) is 0.716. The fourth-order valence-corrected chi connectivity index (χ4v) is 4.19. The molecule has 2 amide bonds.